The third-order valence-corrected chi connectivity index (χ3v) is 6.60. The molecule has 0 unspecified atom stereocenters. The number of amides is 1. The number of aromatic nitrogens is 5. The highest BCUT2D eigenvalue weighted by Crippen LogP contribution is 2.44. The molecule has 4 heterocycles. The number of carbonyl (C=O) groups is 1. The Morgan fingerprint density at radius 3 is 2.70 bits per heavy atom. The van der Waals surface area contributed by atoms with E-state index in [2.05, 4.69) is 15.1 Å². The van der Waals surface area contributed by atoms with E-state index < -0.39 is 0 Å². The predicted molar refractivity (Wildman–Crippen MR) is 111 cm³/mol. The summed E-state index contributed by atoms with van der Waals surface area (Å²) in [5.41, 5.74) is 3.08. The summed E-state index contributed by atoms with van der Waals surface area (Å²) in [5.74, 6) is 1.36. The van der Waals surface area contributed by atoms with Gasteiger partial charge >= 0.3 is 0 Å². The van der Waals surface area contributed by atoms with Gasteiger partial charge in [-0.2, -0.15) is 5.10 Å². The van der Waals surface area contributed by atoms with Gasteiger partial charge in [0.2, 0.25) is 0 Å². The summed E-state index contributed by atoms with van der Waals surface area (Å²) in [6.07, 6.45) is 6.70. The lowest BCUT2D eigenvalue weighted by Crippen LogP contribution is -2.45. The van der Waals surface area contributed by atoms with E-state index in [0.29, 0.717) is 30.3 Å². The van der Waals surface area contributed by atoms with Crippen LogP contribution in [0.2, 0.25) is 0 Å². The molecule has 1 spiro atoms. The monoisotopic (exact) mass is 404 g/mol. The topological polar surface area (TPSA) is 96.8 Å². The van der Waals surface area contributed by atoms with Gasteiger partial charge in [-0.15, -0.1) is 0 Å². The first-order valence-electron chi connectivity index (χ1n) is 10.3. The maximum absolute atomic E-state index is 13.2. The van der Waals surface area contributed by atoms with Gasteiger partial charge in [0.15, 0.2) is 5.82 Å². The lowest BCUT2D eigenvalue weighted by Gasteiger charge is -2.39. The molecule has 8 nitrogen and oxygen atoms in total. The standard InChI is InChI=1S/C22H24N6O2/c1-14-17(13-24-28(14)18-5-3-4-10-23-18)21(30)27-11-8-22(9-12-27)7-6-16-19(22)25-15(2)26-20(16)29/h3-5,10,13H,6-9,11-12H2,1-2H3,(H,25,26,29). The van der Waals surface area contributed by atoms with Gasteiger partial charge in [-0.05, 0) is 51.7 Å². The molecule has 1 aliphatic heterocycles. The van der Waals surface area contributed by atoms with Crippen LogP contribution < -0.4 is 5.56 Å². The maximum atomic E-state index is 13.2. The first kappa shape index (κ1) is 18.7. The Labute approximate surface area is 174 Å². The molecule has 1 aliphatic carbocycles. The molecular weight excluding hydrogens is 380 g/mol. The number of H-pyrrole nitrogens is 1. The van der Waals surface area contributed by atoms with Crippen molar-refractivity contribution in [2.45, 2.75) is 44.9 Å². The van der Waals surface area contributed by atoms with E-state index in [1.165, 1.54) is 0 Å². The highest BCUT2D eigenvalue weighted by molar-refractivity contribution is 5.95. The van der Waals surface area contributed by atoms with Crippen molar-refractivity contribution in [3.8, 4) is 5.82 Å². The van der Waals surface area contributed by atoms with Gasteiger partial charge in [0.05, 0.1) is 23.1 Å². The Hall–Kier alpha value is -3.29. The smallest absolute Gasteiger partial charge is 0.257 e. The normalized spacial score (nSPS) is 17.3. The number of hydrogen-bond donors (Lipinski definition) is 1. The summed E-state index contributed by atoms with van der Waals surface area (Å²) in [4.78, 5) is 39.2. The van der Waals surface area contributed by atoms with Crippen molar-refractivity contribution in [2.24, 2.45) is 0 Å². The molecule has 1 saturated heterocycles. The first-order chi connectivity index (χ1) is 14.5. The zero-order valence-electron chi connectivity index (χ0n) is 17.2. The van der Waals surface area contributed by atoms with Crippen LogP contribution >= 0.6 is 0 Å². The lowest BCUT2D eigenvalue weighted by atomic mass is 9.76. The van der Waals surface area contributed by atoms with Gasteiger partial charge in [-0.1, -0.05) is 6.07 Å². The fourth-order valence-corrected chi connectivity index (χ4v) is 4.89. The van der Waals surface area contributed by atoms with Gasteiger partial charge in [0, 0.05) is 30.3 Å². The van der Waals surface area contributed by atoms with Crippen molar-refractivity contribution < 1.29 is 4.79 Å². The minimum atomic E-state index is -0.0850. The van der Waals surface area contributed by atoms with E-state index in [1.54, 1.807) is 17.1 Å². The zero-order valence-corrected chi connectivity index (χ0v) is 17.2. The molecule has 30 heavy (non-hydrogen) atoms. The fourth-order valence-electron chi connectivity index (χ4n) is 4.89. The molecule has 0 aromatic carbocycles. The highest BCUT2D eigenvalue weighted by Gasteiger charge is 2.44. The second-order valence-corrected chi connectivity index (χ2v) is 8.29. The van der Waals surface area contributed by atoms with E-state index in [0.717, 1.165) is 42.6 Å². The Bertz CT molecular complexity index is 1170. The van der Waals surface area contributed by atoms with Crippen molar-refractivity contribution >= 4 is 5.91 Å². The number of nitrogens with one attached hydrogen (secondary N) is 1. The molecule has 0 bridgehead atoms. The number of fused-ring (bicyclic) bond motifs is 2. The maximum Gasteiger partial charge on any atom is 0.257 e. The van der Waals surface area contributed by atoms with Gasteiger partial charge in [-0.25, -0.2) is 14.6 Å². The Balaban J connectivity index is 1.36. The SMILES string of the molecule is Cc1nc2c(c(=O)[nH]1)CCC21CCN(C(=O)c2cnn(-c3ccccn3)c2C)CC1. The Morgan fingerprint density at radius 2 is 1.97 bits per heavy atom. The van der Waals surface area contributed by atoms with Crippen LogP contribution in [0.5, 0.6) is 0 Å². The largest absolute Gasteiger partial charge is 0.338 e. The van der Waals surface area contributed by atoms with Crippen LogP contribution in [0.3, 0.4) is 0 Å². The number of piperidine rings is 1. The van der Waals surface area contributed by atoms with E-state index in [9.17, 15) is 9.59 Å². The second kappa shape index (κ2) is 6.90. The van der Waals surface area contributed by atoms with Crippen molar-refractivity contribution in [1.82, 2.24) is 29.6 Å². The summed E-state index contributed by atoms with van der Waals surface area (Å²) >= 11 is 0. The summed E-state index contributed by atoms with van der Waals surface area (Å²) < 4.78 is 1.70. The highest BCUT2D eigenvalue weighted by atomic mass is 16.2. The molecule has 0 saturated carbocycles. The van der Waals surface area contributed by atoms with Crippen LogP contribution in [0.4, 0.5) is 0 Å². The summed E-state index contributed by atoms with van der Waals surface area (Å²) in [6.45, 7) is 5.03. The van der Waals surface area contributed by atoms with Crippen molar-refractivity contribution in [1.29, 1.82) is 0 Å². The number of hydrogen-bond acceptors (Lipinski definition) is 5. The summed E-state index contributed by atoms with van der Waals surface area (Å²) in [6, 6.07) is 5.62. The number of rotatable bonds is 2. The van der Waals surface area contributed by atoms with E-state index in [1.807, 2.05) is 36.9 Å². The quantitative estimate of drug-likeness (QED) is 0.705. The molecule has 2 aliphatic rings. The predicted octanol–water partition coefficient (Wildman–Crippen LogP) is 2.09. The molecule has 1 amide bonds. The van der Waals surface area contributed by atoms with Crippen LogP contribution in [0, 0.1) is 13.8 Å². The molecular formula is C22H24N6O2. The van der Waals surface area contributed by atoms with Gasteiger partial charge in [0.1, 0.15) is 5.82 Å². The number of aryl methyl sites for hydroxylation is 1. The first-order valence-corrected chi connectivity index (χ1v) is 10.3. The molecule has 3 aromatic rings. The van der Waals surface area contributed by atoms with Crippen LogP contribution in [0.15, 0.2) is 35.4 Å². The van der Waals surface area contributed by atoms with E-state index in [4.69, 9.17) is 4.98 Å². The van der Waals surface area contributed by atoms with Crippen LogP contribution in [-0.4, -0.2) is 48.6 Å². The molecule has 8 heteroatoms. The van der Waals surface area contributed by atoms with Crippen molar-refractivity contribution in [3.05, 3.63) is 69.3 Å². The summed E-state index contributed by atoms with van der Waals surface area (Å²) in [7, 11) is 0. The minimum Gasteiger partial charge on any atom is -0.338 e. The van der Waals surface area contributed by atoms with E-state index >= 15 is 0 Å². The van der Waals surface area contributed by atoms with E-state index in [-0.39, 0.29) is 16.9 Å². The third kappa shape index (κ3) is 2.86. The average molecular weight is 404 g/mol. The molecule has 1 fully saturated rings. The van der Waals surface area contributed by atoms with Gasteiger partial charge in [0.25, 0.3) is 11.5 Å². The molecule has 5 rings (SSSR count). The molecule has 154 valence electrons. The van der Waals surface area contributed by atoms with Crippen LogP contribution in [0.25, 0.3) is 5.82 Å². The van der Waals surface area contributed by atoms with Crippen LogP contribution in [-0.2, 0) is 11.8 Å². The van der Waals surface area contributed by atoms with Gasteiger partial charge < -0.3 is 9.88 Å². The number of likely N-dealkylation sites (tertiary alicyclic amines) is 1. The molecule has 1 N–H and O–H groups in total. The molecule has 0 atom stereocenters. The Morgan fingerprint density at radius 1 is 1.17 bits per heavy atom. The minimum absolute atomic E-state index is 0.00204. The Kier molecular flexibility index (Phi) is 4.30. The van der Waals surface area contributed by atoms with Crippen LogP contribution in [0.1, 0.15) is 52.4 Å². The number of aromatic amines is 1. The summed E-state index contributed by atoms with van der Waals surface area (Å²) in [5, 5.41) is 4.38. The second-order valence-electron chi connectivity index (χ2n) is 8.29. The van der Waals surface area contributed by atoms with Crippen molar-refractivity contribution in [2.75, 3.05) is 13.1 Å². The zero-order chi connectivity index (χ0) is 20.9. The third-order valence-electron chi connectivity index (χ3n) is 6.60. The molecule has 3 aromatic heterocycles. The van der Waals surface area contributed by atoms with Gasteiger partial charge in [-0.3, -0.25) is 9.59 Å². The number of pyridine rings is 1. The average Bonchev–Trinajstić information content (AvgIpc) is 3.30. The number of carbonyl (C=O) groups excluding carboxylic acids is 1. The number of nitrogens with zero attached hydrogens (tertiary/aromatic N) is 5. The molecule has 0 radical (unpaired) electrons. The fraction of sp³-hybridized carbons (Fsp3) is 0.409. The lowest BCUT2D eigenvalue weighted by molar-refractivity contribution is 0.0662. The van der Waals surface area contributed by atoms with Crippen molar-refractivity contribution in [3.63, 3.8) is 0 Å².